The van der Waals surface area contributed by atoms with Gasteiger partial charge < -0.3 is 19.6 Å². The number of hydrogen-bond donors (Lipinski definition) is 1. The number of amidine groups is 1. The van der Waals surface area contributed by atoms with Gasteiger partial charge in [-0.2, -0.15) is 0 Å². The molecule has 3 amide bonds. The highest BCUT2D eigenvalue weighted by Crippen LogP contribution is 2.41. The third kappa shape index (κ3) is 12.0. The summed E-state index contributed by atoms with van der Waals surface area (Å²) in [5, 5.41) is 10.1. The largest absolute Gasteiger partial charge is 0.493 e. The van der Waals surface area contributed by atoms with E-state index < -0.39 is 24.1 Å². The molecule has 2 heterocycles. The summed E-state index contributed by atoms with van der Waals surface area (Å²) in [6.45, 7) is 16.7. The lowest BCUT2D eigenvalue weighted by Crippen LogP contribution is -2.56. The van der Waals surface area contributed by atoms with Gasteiger partial charge in [0.2, 0.25) is 5.91 Å². The van der Waals surface area contributed by atoms with Gasteiger partial charge in [0.05, 0.1) is 24.3 Å². The number of halogens is 2. The van der Waals surface area contributed by atoms with Crippen molar-refractivity contribution in [3.8, 4) is 5.75 Å². The van der Waals surface area contributed by atoms with Gasteiger partial charge in [-0.05, 0) is 49.5 Å². The zero-order chi connectivity index (χ0) is 39.8. The van der Waals surface area contributed by atoms with Gasteiger partial charge in [0.15, 0.2) is 0 Å². The van der Waals surface area contributed by atoms with E-state index in [-0.39, 0.29) is 29.9 Å². The monoisotopic (exact) mass is 750 g/mol. The minimum atomic E-state index is -3.09. The third-order valence-electron chi connectivity index (χ3n) is 9.97. The Balaban J connectivity index is 0.000000772. The van der Waals surface area contributed by atoms with Crippen molar-refractivity contribution in [1.29, 1.82) is 0 Å². The van der Waals surface area contributed by atoms with Crippen molar-refractivity contribution in [1.82, 2.24) is 14.7 Å². The molecule has 0 aromatic heterocycles. The molecule has 0 radical (unpaired) electrons. The molecule has 4 rings (SSSR count). The molecule has 0 spiro atoms. The Morgan fingerprint density at radius 2 is 1.59 bits per heavy atom. The van der Waals surface area contributed by atoms with Crippen LogP contribution in [0.3, 0.4) is 0 Å². The van der Waals surface area contributed by atoms with Crippen LogP contribution in [0.1, 0.15) is 123 Å². The molecule has 8 nitrogen and oxygen atoms in total. The van der Waals surface area contributed by atoms with Crippen molar-refractivity contribution in [3.63, 3.8) is 0 Å². The number of aliphatic imine (C=N–C) groups is 1. The van der Waals surface area contributed by atoms with E-state index in [1.807, 2.05) is 56.3 Å². The van der Waals surface area contributed by atoms with Gasteiger partial charge in [0.1, 0.15) is 17.6 Å². The van der Waals surface area contributed by atoms with Crippen LogP contribution in [0, 0.1) is 5.92 Å². The smallest absolute Gasteiger partial charge is 0.326 e. The van der Waals surface area contributed by atoms with E-state index in [2.05, 4.69) is 20.8 Å². The standard InChI is InChI=1S/C35H44F2N4O4.C9H20/c1-6-12-26(16-15-24(4)42)32-31(25-13-10-9-11-14-25)38-33(28-18-17-27(35(5,36)37)23-29(28)45-8-3)41(32)34(44)40-21-19-39(20-22-40)30(43)7-2;1-4-7-9(6-3)8-5-2/h9-18,23-24,31-32,42H,6-8,19-22H2,1-5H3;9H,4-8H2,1-3H3/b16-15-,26-12+;. The van der Waals surface area contributed by atoms with Crippen LogP contribution in [0.15, 0.2) is 77.3 Å². The number of ether oxygens (including phenoxy) is 1. The number of alkyl halides is 2. The van der Waals surface area contributed by atoms with Gasteiger partial charge in [-0.15, -0.1) is 0 Å². The predicted molar refractivity (Wildman–Crippen MR) is 215 cm³/mol. The van der Waals surface area contributed by atoms with E-state index in [1.165, 1.54) is 44.2 Å². The maximum Gasteiger partial charge on any atom is 0.326 e. The number of rotatable bonds is 15. The Morgan fingerprint density at radius 1 is 0.963 bits per heavy atom. The topological polar surface area (TPSA) is 85.7 Å². The fourth-order valence-electron chi connectivity index (χ4n) is 7.11. The second kappa shape index (κ2) is 21.7. The number of benzene rings is 2. The van der Waals surface area contributed by atoms with Gasteiger partial charge >= 0.3 is 6.03 Å². The van der Waals surface area contributed by atoms with Crippen molar-refractivity contribution < 1.29 is 28.2 Å². The number of piperazine rings is 1. The van der Waals surface area contributed by atoms with Crippen LogP contribution < -0.4 is 4.74 Å². The second-order valence-electron chi connectivity index (χ2n) is 14.2. The predicted octanol–water partition coefficient (Wildman–Crippen LogP) is 9.93. The Labute approximate surface area is 323 Å². The van der Waals surface area contributed by atoms with E-state index in [4.69, 9.17) is 9.73 Å². The van der Waals surface area contributed by atoms with Crippen LogP contribution in [-0.4, -0.2) is 82.5 Å². The summed E-state index contributed by atoms with van der Waals surface area (Å²) in [5.41, 5.74) is 1.88. The fraction of sp³-hybridized carbons (Fsp3) is 0.568. The lowest BCUT2D eigenvalue weighted by Gasteiger charge is -2.39. The number of hydrogen-bond acceptors (Lipinski definition) is 5. The molecular weight excluding hydrogens is 687 g/mol. The summed E-state index contributed by atoms with van der Waals surface area (Å²) < 4.78 is 34.7. The first-order chi connectivity index (χ1) is 25.8. The van der Waals surface area contributed by atoms with E-state index >= 15 is 0 Å². The minimum absolute atomic E-state index is 0.0399. The number of amides is 3. The molecule has 2 aromatic carbocycles. The number of aliphatic hydroxyl groups excluding tert-OH is 1. The zero-order valence-electron chi connectivity index (χ0n) is 33.9. The quantitative estimate of drug-likeness (QED) is 0.184. The molecule has 1 N–H and O–H groups in total. The molecule has 1 fully saturated rings. The molecule has 3 atom stereocenters. The van der Waals surface area contributed by atoms with E-state index in [9.17, 15) is 23.5 Å². The van der Waals surface area contributed by atoms with Crippen LogP contribution in [-0.2, 0) is 10.7 Å². The molecule has 2 aliphatic heterocycles. The zero-order valence-corrected chi connectivity index (χ0v) is 33.9. The second-order valence-corrected chi connectivity index (χ2v) is 14.2. The normalized spacial score (nSPS) is 18.5. The Hall–Kier alpha value is -4.05. The van der Waals surface area contributed by atoms with Crippen molar-refractivity contribution in [2.75, 3.05) is 32.8 Å². The molecule has 10 heteroatoms. The number of urea groups is 1. The summed E-state index contributed by atoms with van der Waals surface area (Å²) in [4.78, 5) is 37.3. The molecule has 2 aromatic rings. The molecule has 2 aliphatic rings. The molecule has 3 unspecified atom stereocenters. The molecule has 1 saturated heterocycles. The van der Waals surface area contributed by atoms with Crippen LogP contribution >= 0.6 is 0 Å². The summed E-state index contributed by atoms with van der Waals surface area (Å²) in [7, 11) is 0. The average molecular weight is 751 g/mol. The van der Waals surface area contributed by atoms with Crippen LogP contribution in [0.4, 0.5) is 13.6 Å². The van der Waals surface area contributed by atoms with Crippen molar-refractivity contribution in [3.05, 3.63) is 89.0 Å². The Morgan fingerprint density at radius 3 is 2.11 bits per heavy atom. The molecule has 54 heavy (non-hydrogen) atoms. The maximum atomic E-state index is 14.7. The highest BCUT2D eigenvalue weighted by Gasteiger charge is 2.45. The van der Waals surface area contributed by atoms with E-state index in [0.29, 0.717) is 50.4 Å². The van der Waals surface area contributed by atoms with Crippen LogP contribution in [0.5, 0.6) is 5.75 Å². The van der Waals surface area contributed by atoms with Gasteiger partial charge in [0, 0.05) is 45.1 Å². The highest BCUT2D eigenvalue weighted by molar-refractivity contribution is 6.11. The molecule has 298 valence electrons. The number of carbonyl (C=O) groups excluding carboxylic acids is 2. The lowest BCUT2D eigenvalue weighted by atomic mass is 9.92. The summed E-state index contributed by atoms with van der Waals surface area (Å²) in [6, 6.07) is 12.4. The minimum Gasteiger partial charge on any atom is -0.493 e. The molecule has 0 aliphatic carbocycles. The molecule has 0 bridgehead atoms. The number of aliphatic hydroxyl groups is 1. The highest BCUT2D eigenvalue weighted by atomic mass is 19.3. The van der Waals surface area contributed by atoms with Crippen LogP contribution in [0.2, 0.25) is 0 Å². The fourth-order valence-corrected chi connectivity index (χ4v) is 7.11. The average Bonchev–Trinajstić information content (AvgIpc) is 3.56. The molecule has 0 saturated carbocycles. The van der Waals surface area contributed by atoms with Gasteiger partial charge in [-0.1, -0.05) is 121 Å². The summed E-state index contributed by atoms with van der Waals surface area (Å²) >= 11 is 0. The maximum absolute atomic E-state index is 14.7. The molecular formula is C44H64F2N4O4. The van der Waals surface area contributed by atoms with Gasteiger partial charge in [-0.3, -0.25) is 14.7 Å². The third-order valence-corrected chi connectivity index (χ3v) is 9.97. The number of allylic oxidation sites excluding steroid dienone is 1. The van der Waals surface area contributed by atoms with Crippen molar-refractivity contribution in [2.45, 2.75) is 124 Å². The summed E-state index contributed by atoms with van der Waals surface area (Å²) in [5.74, 6) is -1.52. The number of nitrogens with zero attached hydrogens (tertiary/aromatic N) is 4. The first-order valence-electron chi connectivity index (χ1n) is 20.0. The lowest BCUT2D eigenvalue weighted by molar-refractivity contribution is -0.132. The van der Waals surface area contributed by atoms with Crippen LogP contribution in [0.25, 0.3) is 0 Å². The first-order valence-corrected chi connectivity index (χ1v) is 20.0. The SMILES string of the molecule is CC/C=C(\C=C/C(C)O)C1C(c2ccccc2)N=C(c2ccc(C(C)(F)F)cc2OCC)N1C(=O)N1CCN(C(=O)CC)CC1.CCCC(CC)CCC. The Bertz CT molecular complexity index is 1560. The number of carbonyl (C=O) groups is 2. The summed E-state index contributed by atoms with van der Waals surface area (Å²) in [6.07, 6.45) is 12.8. The van der Waals surface area contributed by atoms with Gasteiger partial charge in [-0.25, -0.2) is 13.6 Å². The Kier molecular flexibility index (Phi) is 17.9. The van der Waals surface area contributed by atoms with E-state index in [1.54, 1.807) is 40.7 Å². The van der Waals surface area contributed by atoms with Gasteiger partial charge in [0.25, 0.3) is 5.92 Å². The first kappa shape index (κ1) is 44.3. The van der Waals surface area contributed by atoms with Crippen molar-refractivity contribution in [2.24, 2.45) is 10.9 Å². The van der Waals surface area contributed by atoms with Crippen molar-refractivity contribution >= 4 is 17.8 Å². The van der Waals surface area contributed by atoms with E-state index in [0.717, 1.165) is 24.0 Å².